The Balaban J connectivity index is 0.000000480. The fourth-order valence-corrected chi connectivity index (χ4v) is 4.71. The number of carbonyl (C=O) groups is 1. The van der Waals surface area contributed by atoms with Crippen molar-refractivity contribution in [3.8, 4) is 0 Å². The van der Waals surface area contributed by atoms with E-state index in [-0.39, 0.29) is 5.54 Å². The summed E-state index contributed by atoms with van der Waals surface area (Å²) in [5, 5.41) is 7.12. The van der Waals surface area contributed by atoms with Crippen LogP contribution in [-0.2, 0) is 19.7 Å². The zero-order chi connectivity index (χ0) is 21.8. The van der Waals surface area contributed by atoms with Crippen molar-refractivity contribution in [2.75, 3.05) is 47.4 Å². The molecule has 2 aliphatic rings. The summed E-state index contributed by atoms with van der Waals surface area (Å²) in [6, 6.07) is 0.474. The van der Waals surface area contributed by atoms with Gasteiger partial charge in [0.1, 0.15) is 0 Å². The molecule has 2 aliphatic heterocycles. The van der Waals surface area contributed by atoms with Crippen molar-refractivity contribution in [1.29, 1.82) is 0 Å². The standard InChI is InChI=1S/C14H29N3O3S.C2HF3O2/c1-5-20-12-13-6-7-14(16(13)4)8-10-17(11-9-14)21(18,19)15(2)3;3-2(4,5)1(6)7/h13H,5-12H2,1-4H3;(H,6,7). The number of carboxylic acids is 1. The largest absolute Gasteiger partial charge is 0.490 e. The number of likely N-dealkylation sites (tertiary alicyclic amines) is 1. The number of aliphatic carboxylic acids is 1. The number of likely N-dealkylation sites (N-methyl/N-ethyl adjacent to an activating group) is 1. The van der Waals surface area contributed by atoms with Gasteiger partial charge in [-0.3, -0.25) is 4.90 Å². The number of hydrogen-bond acceptors (Lipinski definition) is 5. The zero-order valence-corrected chi connectivity index (χ0v) is 17.5. The lowest BCUT2D eigenvalue weighted by atomic mass is 9.86. The van der Waals surface area contributed by atoms with Crippen LogP contribution in [0.5, 0.6) is 0 Å². The van der Waals surface area contributed by atoms with E-state index in [9.17, 15) is 21.6 Å². The molecule has 0 aromatic heterocycles. The van der Waals surface area contributed by atoms with Crippen LogP contribution in [0, 0.1) is 0 Å². The molecule has 0 saturated carbocycles. The highest BCUT2D eigenvalue weighted by Crippen LogP contribution is 2.41. The van der Waals surface area contributed by atoms with Gasteiger partial charge in [0.15, 0.2) is 0 Å². The summed E-state index contributed by atoms with van der Waals surface area (Å²) in [6.07, 6.45) is -0.952. The minimum Gasteiger partial charge on any atom is -0.475 e. The molecule has 8 nitrogen and oxygen atoms in total. The van der Waals surface area contributed by atoms with Crippen molar-refractivity contribution >= 4 is 16.2 Å². The molecule has 28 heavy (non-hydrogen) atoms. The SMILES string of the molecule is CCOCC1CCC2(CCN(S(=O)(=O)N(C)C)CC2)N1C.O=C(O)C(F)(F)F. The number of ether oxygens (including phenoxy) is 1. The number of nitrogens with zero attached hydrogens (tertiary/aromatic N) is 3. The van der Waals surface area contributed by atoms with Gasteiger partial charge in [0.25, 0.3) is 10.2 Å². The summed E-state index contributed by atoms with van der Waals surface area (Å²) < 4.78 is 64.6. The Morgan fingerprint density at radius 2 is 1.75 bits per heavy atom. The van der Waals surface area contributed by atoms with E-state index in [4.69, 9.17) is 14.6 Å². The second-order valence-electron chi connectivity index (χ2n) is 7.18. The van der Waals surface area contributed by atoms with Gasteiger partial charge in [-0.25, -0.2) is 4.79 Å². The van der Waals surface area contributed by atoms with Crippen molar-refractivity contribution in [1.82, 2.24) is 13.5 Å². The molecule has 1 N–H and O–H groups in total. The molecule has 0 aliphatic carbocycles. The van der Waals surface area contributed by atoms with Crippen LogP contribution in [-0.4, -0.2) is 98.2 Å². The first-order valence-electron chi connectivity index (χ1n) is 9.06. The van der Waals surface area contributed by atoms with Crippen LogP contribution in [0.2, 0.25) is 0 Å². The Morgan fingerprint density at radius 3 is 2.14 bits per heavy atom. The van der Waals surface area contributed by atoms with Crippen molar-refractivity contribution in [2.45, 2.75) is 50.4 Å². The zero-order valence-electron chi connectivity index (χ0n) is 16.7. The molecule has 2 fully saturated rings. The van der Waals surface area contributed by atoms with E-state index in [1.165, 1.54) is 4.31 Å². The van der Waals surface area contributed by atoms with Crippen LogP contribution in [0.4, 0.5) is 13.2 Å². The van der Waals surface area contributed by atoms with Gasteiger partial charge < -0.3 is 9.84 Å². The van der Waals surface area contributed by atoms with Crippen molar-refractivity contribution < 1.29 is 36.2 Å². The van der Waals surface area contributed by atoms with Gasteiger partial charge in [-0.15, -0.1) is 0 Å². The van der Waals surface area contributed by atoms with Crippen LogP contribution in [0.25, 0.3) is 0 Å². The third-order valence-corrected chi connectivity index (χ3v) is 7.38. The summed E-state index contributed by atoms with van der Waals surface area (Å²) in [5.74, 6) is -2.76. The van der Waals surface area contributed by atoms with Crippen LogP contribution < -0.4 is 0 Å². The van der Waals surface area contributed by atoms with Crippen LogP contribution in [0.1, 0.15) is 32.6 Å². The fraction of sp³-hybridized carbons (Fsp3) is 0.938. The van der Waals surface area contributed by atoms with Crippen molar-refractivity contribution in [2.24, 2.45) is 0 Å². The lowest BCUT2D eigenvalue weighted by Crippen LogP contribution is -2.55. The molecule has 1 spiro atoms. The Labute approximate surface area is 164 Å². The Morgan fingerprint density at radius 1 is 1.25 bits per heavy atom. The molecule has 2 saturated heterocycles. The van der Waals surface area contributed by atoms with Gasteiger partial charge in [-0.2, -0.15) is 30.2 Å². The summed E-state index contributed by atoms with van der Waals surface area (Å²) in [7, 11) is 2.10. The average Bonchev–Trinajstić information content (AvgIpc) is 2.89. The fourth-order valence-electron chi connectivity index (χ4n) is 3.61. The topological polar surface area (TPSA) is 90.4 Å². The summed E-state index contributed by atoms with van der Waals surface area (Å²) >= 11 is 0. The van der Waals surface area contributed by atoms with E-state index in [1.54, 1.807) is 18.4 Å². The van der Waals surface area contributed by atoms with E-state index in [0.29, 0.717) is 19.1 Å². The molecular formula is C16H30F3N3O5S. The van der Waals surface area contributed by atoms with Crippen LogP contribution in [0.3, 0.4) is 0 Å². The molecule has 1 atom stereocenters. The number of piperidine rings is 1. The number of rotatable bonds is 5. The molecule has 0 radical (unpaired) electrons. The van der Waals surface area contributed by atoms with E-state index < -0.39 is 22.4 Å². The third-order valence-electron chi connectivity index (χ3n) is 5.44. The second kappa shape index (κ2) is 9.70. The minimum atomic E-state index is -5.08. The molecule has 0 aromatic carbocycles. The number of carboxylic acid groups (broad SMARTS) is 1. The predicted molar refractivity (Wildman–Crippen MR) is 97.1 cm³/mol. The van der Waals surface area contributed by atoms with Crippen molar-refractivity contribution in [3.63, 3.8) is 0 Å². The molecule has 2 rings (SSSR count). The average molecular weight is 433 g/mol. The van der Waals surface area contributed by atoms with Crippen LogP contribution >= 0.6 is 0 Å². The lowest BCUT2D eigenvalue weighted by molar-refractivity contribution is -0.192. The normalized spacial score (nSPS) is 23.6. The predicted octanol–water partition coefficient (Wildman–Crippen LogP) is 1.39. The highest BCUT2D eigenvalue weighted by Gasteiger charge is 2.47. The molecule has 12 heteroatoms. The van der Waals surface area contributed by atoms with Gasteiger partial charge in [-0.1, -0.05) is 0 Å². The Hall–Kier alpha value is -0.950. The van der Waals surface area contributed by atoms with Gasteiger partial charge in [-0.05, 0) is 39.7 Å². The van der Waals surface area contributed by atoms with E-state index >= 15 is 0 Å². The smallest absolute Gasteiger partial charge is 0.475 e. The summed E-state index contributed by atoms with van der Waals surface area (Å²) in [5.41, 5.74) is 0.167. The van der Waals surface area contributed by atoms with Gasteiger partial charge >= 0.3 is 12.1 Å². The third kappa shape index (κ3) is 6.02. The highest BCUT2D eigenvalue weighted by molar-refractivity contribution is 7.86. The quantitative estimate of drug-likeness (QED) is 0.705. The summed E-state index contributed by atoms with van der Waals surface area (Å²) in [4.78, 5) is 11.3. The molecule has 0 bridgehead atoms. The molecule has 1 unspecified atom stereocenters. The maximum Gasteiger partial charge on any atom is 0.490 e. The van der Waals surface area contributed by atoms with Gasteiger partial charge in [0, 0.05) is 45.4 Å². The Bertz CT molecular complexity index is 620. The molecule has 166 valence electrons. The highest BCUT2D eigenvalue weighted by atomic mass is 32.2. The first kappa shape index (κ1) is 25.1. The number of hydrogen-bond donors (Lipinski definition) is 1. The molecule has 2 heterocycles. The maximum atomic E-state index is 12.2. The van der Waals surface area contributed by atoms with Crippen molar-refractivity contribution in [3.05, 3.63) is 0 Å². The van der Waals surface area contributed by atoms with E-state index in [1.807, 2.05) is 6.92 Å². The molecular weight excluding hydrogens is 403 g/mol. The lowest BCUT2D eigenvalue weighted by Gasteiger charge is -2.44. The molecule has 0 amide bonds. The number of alkyl halides is 3. The van der Waals surface area contributed by atoms with Crippen LogP contribution in [0.15, 0.2) is 0 Å². The van der Waals surface area contributed by atoms with Gasteiger partial charge in [0.2, 0.25) is 0 Å². The van der Waals surface area contributed by atoms with E-state index in [0.717, 1.165) is 38.9 Å². The second-order valence-corrected chi connectivity index (χ2v) is 9.32. The first-order chi connectivity index (χ1) is 12.8. The summed E-state index contributed by atoms with van der Waals surface area (Å²) in [6.45, 7) is 4.80. The number of halogens is 3. The maximum absolute atomic E-state index is 12.2. The Kier molecular flexibility index (Phi) is 8.69. The minimum absolute atomic E-state index is 0.167. The monoisotopic (exact) mass is 433 g/mol. The first-order valence-corrected chi connectivity index (χ1v) is 10.5. The van der Waals surface area contributed by atoms with Gasteiger partial charge in [0.05, 0.1) is 6.61 Å². The van der Waals surface area contributed by atoms with E-state index in [2.05, 4.69) is 11.9 Å². The molecule has 0 aromatic rings.